The van der Waals surface area contributed by atoms with Crippen LogP contribution in [-0.4, -0.2) is 22.6 Å². The molecule has 0 unspecified atom stereocenters. The van der Waals surface area contributed by atoms with Crippen molar-refractivity contribution >= 4 is 18.7 Å². The summed E-state index contributed by atoms with van der Waals surface area (Å²) in [6, 6.07) is 4.04. The van der Waals surface area contributed by atoms with Crippen LogP contribution in [0.15, 0.2) is 22.9 Å². The van der Waals surface area contributed by atoms with Crippen LogP contribution in [0.5, 0.6) is 0 Å². The summed E-state index contributed by atoms with van der Waals surface area (Å²) in [7, 11) is -2.06. The number of rotatable bonds is 1. The molecule has 0 aliphatic rings. The lowest BCUT2D eigenvalue weighted by Gasteiger charge is -1.82. The maximum atomic E-state index is 7.44. The van der Waals surface area contributed by atoms with Gasteiger partial charge in [-0.1, -0.05) is 12.1 Å². The topological polar surface area (TPSA) is 69.9 Å². The summed E-state index contributed by atoms with van der Waals surface area (Å²) in [6.07, 6.45) is 0. The fraction of sp³-hybridized carbons (Fsp3) is 0. The SMILES string of the molecule is OOB(O)O.c1ccsc1. The molecule has 0 saturated heterocycles. The van der Waals surface area contributed by atoms with Crippen LogP contribution in [0.3, 0.4) is 0 Å². The van der Waals surface area contributed by atoms with Gasteiger partial charge >= 0.3 is 7.32 Å². The normalized spacial score (nSPS) is 7.90. The van der Waals surface area contributed by atoms with Gasteiger partial charge in [-0.3, -0.25) is 5.26 Å². The van der Waals surface area contributed by atoms with E-state index in [0.29, 0.717) is 0 Å². The van der Waals surface area contributed by atoms with E-state index >= 15 is 0 Å². The Balaban J connectivity index is 0.000000162. The molecule has 0 aliphatic heterocycles. The van der Waals surface area contributed by atoms with E-state index in [1.165, 1.54) is 0 Å². The molecule has 1 aromatic heterocycles. The summed E-state index contributed by atoms with van der Waals surface area (Å²) in [4.78, 5) is 2.86. The third kappa shape index (κ3) is 7.60. The quantitative estimate of drug-likeness (QED) is 0.313. The van der Waals surface area contributed by atoms with Crippen LogP contribution < -0.4 is 0 Å². The van der Waals surface area contributed by atoms with Crippen molar-refractivity contribution in [2.45, 2.75) is 0 Å². The molecule has 1 rings (SSSR count). The van der Waals surface area contributed by atoms with Gasteiger partial charge in [0.2, 0.25) is 0 Å². The third-order valence-corrected chi connectivity index (χ3v) is 1.15. The van der Waals surface area contributed by atoms with Gasteiger partial charge in [0.1, 0.15) is 0 Å². The molecule has 0 amide bonds. The van der Waals surface area contributed by atoms with Crippen molar-refractivity contribution in [3.8, 4) is 0 Å². The number of hydrogen-bond donors (Lipinski definition) is 3. The molecule has 0 aliphatic carbocycles. The van der Waals surface area contributed by atoms with Gasteiger partial charge in [-0.25, -0.2) is 4.81 Å². The van der Waals surface area contributed by atoms with Gasteiger partial charge in [-0.05, 0) is 10.8 Å². The third-order valence-electron chi connectivity index (χ3n) is 0.520. The van der Waals surface area contributed by atoms with E-state index in [4.69, 9.17) is 15.3 Å². The van der Waals surface area contributed by atoms with Crippen LogP contribution >= 0.6 is 11.3 Å². The lowest BCUT2D eigenvalue weighted by molar-refractivity contribution is -0.173. The Morgan fingerprint density at radius 3 is 1.70 bits per heavy atom. The van der Waals surface area contributed by atoms with Crippen molar-refractivity contribution in [2.24, 2.45) is 0 Å². The monoisotopic (exact) mass is 162 g/mol. The Labute approximate surface area is 62.4 Å². The highest BCUT2D eigenvalue weighted by atomic mass is 32.1. The summed E-state index contributed by atoms with van der Waals surface area (Å²) in [6.45, 7) is 0. The fourth-order valence-corrected chi connectivity index (χ4v) is 0.680. The maximum absolute atomic E-state index is 7.44. The molecule has 56 valence electrons. The molecule has 0 bridgehead atoms. The second-order valence-electron chi connectivity index (χ2n) is 1.22. The van der Waals surface area contributed by atoms with Crippen molar-refractivity contribution in [2.75, 3.05) is 0 Å². The van der Waals surface area contributed by atoms with E-state index in [2.05, 4.69) is 4.81 Å². The van der Waals surface area contributed by atoms with E-state index in [9.17, 15) is 0 Å². The van der Waals surface area contributed by atoms with Gasteiger partial charge in [-0.15, -0.1) is 0 Å². The average Bonchev–Trinajstić information content (AvgIpc) is 2.43. The van der Waals surface area contributed by atoms with Crippen LogP contribution in [0.4, 0.5) is 0 Å². The Hall–Kier alpha value is -0.395. The molecule has 0 atom stereocenters. The minimum absolute atomic E-state index is 1.71. The summed E-state index contributed by atoms with van der Waals surface area (Å²) in [5, 5.41) is 26.1. The van der Waals surface area contributed by atoms with Gasteiger partial charge < -0.3 is 10.0 Å². The maximum Gasteiger partial charge on any atom is 0.662 e. The Bertz CT molecular complexity index is 115. The zero-order valence-electron chi connectivity index (χ0n) is 5.04. The van der Waals surface area contributed by atoms with E-state index in [-0.39, 0.29) is 0 Å². The van der Waals surface area contributed by atoms with Crippen molar-refractivity contribution in [1.29, 1.82) is 0 Å². The zero-order chi connectivity index (χ0) is 7.82. The molecule has 0 aromatic carbocycles. The second-order valence-corrected chi connectivity index (χ2v) is 2.04. The molecule has 4 nitrogen and oxygen atoms in total. The first-order valence-electron chi connectivity index (χ1n) is 2.41. The lowest BCUT2D eigenvalue weighted by atomic mass is 10.3. The first-order valence-corrected chi connectivity index (χ1v) is 3.35. The van der Waals surface area contributed by atoms with E-state index in [1.54, 1.807) is 11.3 Å². The minimum atomic E-state index is -2.06. The van der Waals surface area contributed by atoms with Crippen LogP contribution in [0.2, 0.25) is 0 Å². The van der Waals surface area contributed by atoms with E-state index in [0.717, 1.165) is 0 Å². The summed E-state index contributed by atoms with van der Waals surface area (Å²) in [5.41, 5.74) is 0. The molecule has 6 heteroatoms. The van der Waals surface area contributed by atoms with Crippen molar-refractivity contribution in [1.82, 2.24) is 0 Å². The van der Waals surface area contributed by atoms with Gasteiger partial charge in [-0.2, -0.15) is 11.3 Å². The standard InChI is InChI=1S/C4H4S.BH3O4/c1-2-4-5-3-1;2-1(3)5-4/h1-4H;2-4H. The second kappa shape index (κ2) is 6.72. The summed E-state index contributed by atoms with van der Waals surface area (Å²) >= 11 is 1.71. The first-order chi connectivity index (χ1) is 4.77. The van der Waals surface area contributed by atoms with E-state index in [1.807, 2.05) is 22.9 Å². The highest BCUT2D eigenvalue weighted by Gasteiger charge is 2.03. The van der Waals surface area contributed by atoms with Gasteiger partial charge in [0.15, 0.2) is 0 Å². The Morgan fingerprint density at radius 2 is 1.60 bits per heavy atom. The highest BCUT2D eigenvalue weighted by molar-refractivity contribution is 7.07. The molecule has 0 spiro atoms. The van der Waals surface area contributed by atoms with Crippen molar-refractivity contribution in [3.63, 3.8) is 0 Å². The molecule has 3 N–H and O–H groups in total. The van der Waals surface area contributed by atoms with Gasteiger partial charge in [0, 0.05) is 0 Å². The van der Waals surface area contributed by atoms with Crippen LogP contribution in [0, 0.1) is 0 Å². The smallest absolute Gasteiger partial charge is 0.400 e. The summed E-state index contributed by atoms with van der Waals surface area (Å²) in [5.74, 6) is 0. The zero-order valence-corrected chi connectivity index (χ0v) is 5.86. The fourth-order valence-electron chi connectivity index (χ4n) is 0.227. The van der Waals surface area contributed by atoms with Gasteiger partial charge in [0.25, 0.3) is 0 Å². The predicted molar refractivity (Wildman–Crippen MR) is 38.2 cm³/mol. The first kappa shape index (κ1) is 9.60. The molecule has 0 radical (unpaired) electrons. The molecular formula is C4H7BO4S. The molecule has 0 saturated carbocycles. The van der Waals surface area contributed by atoms with Crippen molar-refractivity contribution < 1.29 is 20.1 Å². The Morgan fingerprint density at radius 1 is 1.20 bits per heavy atom. The summed E-state index contributed by atoms with van der Waals surface area (Å²) < 4.78 is 0. The molecule has 10 heavy (non-hydrogen) atoms. The number of hydrogen-bond acceptors (Lipinski definition) is 5. The minimum Gasteiger partial charge on any atom is -0.400 e. The van der Waals surface area contributed by atoms with Gasteiger partial charge in [0.05, 0.1) is 0 Å². The van der Waals surface area contributed by atoms with Crippen LogP contribution in [0.1, 0.15) is 0 Å². The van der Waals surface area contributed by atoms with Crippen molar-refractivity contribution in [3.05, 3.63) is 22.9 Å². The van der Waals surface area contributed by atoms with Crippen LogP contribution in [0.25, 0.3) is 0 Å². The molecule has 1 aromatic rings. The Kier molecular flexibility index (Phi) is 6.46. The predicted octanol–water partition coefficient (Wildman–Crippen LogP) is 0.194. The number of thiophene rings is 1. The largest absolute Gasteiger partial charge is 0.662 e. The molecule has 1 heterocycles. The van der Waals surface area contributed by atoms with Crippen LogP contribution in [-0.2, 0) is 4.81 Å². The molecular weight excluding hydrogens is 155 g/mol. The highest BCUT2D eigenvalue weighted by Crippen LogP contribution is 1.91. The lowest BCUT2D eigenvalue weighted by Crippen LogP contribution is -2.13. The van der Waals surface area contributed by atoms with E-state index < -0.39 is 7.32 Å². The average molecular weight is 162 g/mol. The molecule has 0 fully saturated rings.